The van der Waals surface area contributed by atoms with Crippen LogP contribution >= 0.6 is 11.6 Å². The van der Waals surface area contributed by atoms with Crippen LogP contribution in [-0.2, 0) is 13.6 Å². The topological polar surface area (TPSA) is 72.4 Å². The van der Waals surface area contributed by atoms with Gasteiger partial charge >= 0.3 is 0 Å². The summed E-state index contributed by atoms with van der Waals surface area (Å²) >= 11 is 5.97. The van der Waals surface area contributed by atoms with Crippen molar-refractivity contribution in [1.82, 2.24) is 15.1 Å². The van der Waals surface area contributed by atoms with Crippen LogP contribution in [0, 0.1) is 5.82 Å². The van der Waals surface area contributed by atoms with Crippen LogP contribution in [0.15, 0.2) is 52.2 Å². The second kappa shape index (κ2) is 7.31. The average Bonchev–Trinajstić information content (AvgIpc) is 3.22. The number of carbonyl (C=O) groups is 1. The number of benzene rings is 1. The molecule has 0 unspecified atom stereocenters. The summed E-state index contributed by atoms with van der Waals surface area (Å²) in [6.07, 6.45) is 4.23. The predicted molar refractivity (Wildman–Crippen MR) is 91.8 cm³/mol. The molecule has 6 nitrogen and oxygen atoms in total. The molecule has 1 N–H and O–H groups in total. The van der Waals surface area contributed by atoms with Gasteiger partial charge in [-0.2, -0.15) is 5.10 Å². The van der Waals surface area contributed by atoms with Gasteiger partial charge in [0, 0.05) is 18.8 Å². The molecular weight excluding hydrogens is 347 g/mol. The fourth-order valence-electron chi connectivity index (χ4n) is 2.22. The molecule has 0 fully saturated rings. The summed E-state index contributed by atoms with van der Waals surface area (Å²) in [4.78, 5) is 16.6. The Hall–Kier alpha value is -2.93. The van der Waals surface area contributed by atoms with E-state index in [1.807, 2.05) is 0 Å². The molecule has 25 heavy (non-hydrogen) atoms. The highest BCUT2D eigenvalue weighted by atomic mass is 35.5. The van der Waals surface area contributed by atoms with Crippen molar-refractivity contribution in [3.63, 3.8) is 0 Å². The van der Waals surface area contributed by atoms with Crippen LogP contribution in [0.3, 0.4) is 0 Å². The van der Waals surface area contributed by atoms with Gasteiger partial charge < -0.3 is 9.73 Å². The number of hydrogen-bond donors (Lipinski definition) is 1. The minimum absolute atomic E-state index is 0.148. The van der Waals surface area contributed by atoms with Crippen LogP contribution in [-0.4, -0.2) is 21.9 Å². The molecule has 128 valence electrons. The lowest BCUT2D eigenvalue weighted by Crippen LogP contribution is -2.25. The van der Waals surface area contributed by atoms with Crippen molar-refractivity contribution in [3.05, 3.63) is 70.6 Å². The highest BCUT2D eigenvalue weighted by Gasteiger charge is 2.17. The molecule has 3 rings (SSSR count). The Morgan fingerprint density at radius 2 is 2.28 bits per heavy atom. The lowest BCUT2D eigenvalue weighted by molar-refractivity contribution is 0.0939. The molecule has 2 heterocycles. The summed E-state index contributed by atoms with van der Waals surface area (Å²) in [6, 6.07) is 7.84. The molecule has 0 aliphatic heterocycles. The Kier molecular flexibility index (Phi) is 4.95. The molecule has 8 heteroatoms. The normalized spacial score (nSPS) is 11.2. The van der Waals surface area contributed by atoms with Gasteiger partial charge in [0.15, 0.2) is 5.69 Å². The highest BCUT2D eigenvalue weighted by molar-refractivity contribution is 6.33. The molecule has 0 spiro atoms. The molecule has 0 saturated heterocycles. The van der Waals surface area contributed by atoms with Crippen LogP contribution in [0.5, 0.6) is 0 Å². The zero-order chi connectivity index (χ0) is 17.8. The molecule has 2 aromatic heterocycles. The monoisotopic (exact) mass is 360 g/mol. The summed E-state index contributed by atoms with van der Waals surface area (Å²) in [5.74, 6) is -0.245. The van der Waals surface area contributed by atoms with E-state index in [9.17, 15) is 9.18 Å². The van der Waals surface area contributed by atoms with E-state index in [4.69, 9.17) is 16.0 Å². The average molecular weight is 361 g/mol. The van der Waals surface area contributed by atoms with E-state index in [2.05, 4.69) is 15.4 Å². The van der Waals surface area contributed by atoms with Crippen LogP contribution in [0.25, 0.3) is 0 Å². The predicted octanol–water partition coefficient (Wildman–Crippen LogP) is 3.49. The molecular formula is C17H14ClFN4O2. The Labute approximate surface area is 147 Å². The molecule has 1 aromatic carbocycles. The summed E-state index contributed by atoms with van der Waals surface area (Å²) in [6.45, 7) is 0.235. The van der Waals surface area contributed by atoms with Gasteiger partial charge in [0.2, 0.25) is 0 Å². The van der Waals surface area contributed by atoms with E-state index < -0.39 is 5.82 Å². The summed E-state index contributed by atoms with van der Waals surface area (Å²) in [5, 5.41) is 6.99. The Balaban J connectivity index is 1.81. The Morgan fingerprint density at radius 1 is 1.44 bits per heavy atom. The number of amides is 1. The smallest absolute Gasteiger partial charge is 0.272 e. The van der Waals surface area contributed by atoms with E-state index in [1.54, 1.807) is 25.2 Å². The number of aliphatic imine (C=N–C) groups is 1. The molecule has 0 radical (unpaired) electrons. The zero-order valence-corrected chi connectivity index (χ0v) is 14.0. The first-order valence-electron chi connectivity index (χ1n) is 7.37. The first kappa shape index (κ1) is 16.9. The van der Waals surface area contributed by atoms with Crippen LogP contribution in [0.2, 0.25) is 5.02 Å². The van der Waals surface area contributed by atoms with Crippen molar-refractivity contribution in [2.75, 3.05) is 0 Å². The van der Waals surface area contributed by atoms with E-state index in [0.717, 1.165) is 0 Å². The standard InChI is InChI=1S/C17H14ClFN4O2/c1-23-16(17(24)21-8-11-4-3-7-25-11)15(10-22-23)20-9-12-13(18)5-2-6-14(12)19/h2-7,9-10H,8H2,1H3,(H,21,24). The number of nitrogens with one attached hydrogen (secondary N) is 1. The SMILES string of the molecule is Cn1ncc(N=Cc2c(F)cccc2Cl)c1C(=O)NCc1ccco1. The van der Waals surface area contributed by atoms with E-state index in [0.29, 0.717) is 11.4 Å². The summed E-state index contributed by atoms with van der Waals surface area (Å²) in [5.41, 5.74) is 0.698. The van der Waals surface area contributed by atoms with Gasteiger partial charge in [0.05, 0.1) is 24.0 Å². The van der Waals surface area contributed by atoms with Crippen molar-refractivity contribution >= 4 is 29.4 Å². The molecule has 0 atom stereocenters. The number of furan rings is 1. The number of hydrogen-bond acceptors (Lipinski definition) is 4. The maximum atomic E-state index is 13.8. The zero-order valence-electron chi connectivity index (χ0n) is 13.2. The summed E-state index contributed by atoms with van der Waals surface area (Å²) in [7, 11) is 1.62. The number of halogens is 2. The van der Waals surface area contributed by atoms with E-state index >= 15 is 0 Å². The van der Waals surface area contributed by atoms with Gasteiger partial charge in [-0.1, -0.05) is 17.7 Å². The van der Waals surface area contributed by atoms with Crippen molar-refractivity contribution in [1.29, 1.82) is 0 Å². The molecule has 0 aliphatic carbocycles. The Bertz CT molecular complexity index is 899. The van der Waals surface area contributed by atoms with Gasteiger partial charge in [-0.3, -0.25) is 14.5 Å². The molecule has 0 aliphatic rings. The number of carbonyl (C=O) groups excluding carboxylic acids is 1. The van der Waals surface area contributed by atoms with Gasteiger partial charge in [0.1, 0.15) is 17.3 Å². The lowest BCUT2D eigenvalue weighted by Gasteiger charge is -2.05. The lowest BCUT2D eigenvalue weighted by atomic mass is 10.2. The minimum atomic E-state index is -0.496. The fraction of sp³-hybridized carbons (Fsp3) is 0.118. The quantitative estimate of drug-likeness (QED) is 0.708. The third kappa shape index (κ3) is 3.77. The largest absolute Gasteiger partial charge is 0.467 e. The third-order valence-electron chi connectivity index (χ3n) is 3.47. The van der Waals surface area contributed by atoms with Crippen molar-refractivity contribution in [2.24, 2.45) is 12.0 Å². The van der Waals surface area contributed by atoms with Gasteiger partial charge in [-0.15, -0.1) is 0 Å². The molecule has 3 aromatic rings. The molecule has 0 bridgehead atoms. The second-order valence-corrected chi connectivity index (χ2v) is 5.56. The van der Waals surface area contributed by atoms with Gasteiger partial charge in [-0.05, 0) is 24.3 Å². The van der Waals surface area contributed by atoms with E-state index in [-0.39, 0.29) is 28.7 Å². The molecule has 1 amide bonds. The maximum Gasteiger partial charge on any atom is 0.272 e. The first-order chi connectivity index (χ1) is 12.1. The first-order valence-corrected chi connectivity index (χ1v) is 7.74. The third-order valence-corrected chi connectivity index (χ3v) is 3.80. The maximum absolute atomic E-state index is 13.8. The fourth-order valence-corrected chi connectivity index (χ4v) is 2.43. The minimum Gasteiger partial charge on any atom is -0.467 e. The second-order valence-electron chi connectivity index (χ2n) is 5.16. The van der Waals surface area contributed by atoms with Crippen LogP contribution < -0.4 is 5.32 Å². The number of nitrogens with zero attached hydrogens (tertiary/aromatic N) is 3. The summed E-state index contributed by atoms with van der Waals surface area (Å²) < 4.78 is 20.4. The Morgan fingerprint density at radius 3 is 3.00 bits per heavy atom. The highest BCUT2D eigenvalue weighted by Crippen LogP contribution is 2.21. The number of aryl methyl sites for hydroxylation is 1. The van der Waals surface area contributed by atoms with Gasteiger partial charge in [0.25, 0.3) is 5.91 Å². The number of aromatic nitrogens is 2. The van der Waals surface area contributed by atoms with Crippen LogP contribution in [0.4, 0.5) is 10.1 Å². The molecule has 0 saturated carbocycles. The van der Waals surface area contributed by atoms with Crippen molar-refractivity contribution < 1.29 is 13.6 Å². The number of rotatable bonds is 5. The van der Waals surface area contributed by atoms with E-state index in [1.165, 1.54) is 35.5 Å². The van der Waals surface area contributed by atoms with Gasteiger partial charge in [-0.25, -0.2) is 4.39 Å². The van der Waals surface area contributed by atoms with Crippen molar-refractivity contribution in [3.8, 4) is 0 Å². The van der Waals surface area contributed by atoms with Crippen LogP contribution in [0.1, 0.15) is 21.8 Å². The van der Waals surface area contributed by atoms with Crippen molar-refractivity contribution in [2.45, 2.75) is 6.54 Å².